The number of aryl methyl sites for hydroxylation is 1. The summed E-state index contributed by atoms with van der Waals surface area (Å²) < 4.78 is 1.75. The van der Waals surface area contributed by atoms with Gasteiger partial charge in [0.1, 0.15) is 7.85 Å². The summed E-state index contributed by atoms with van der Waals surface area (Å²) in [6, 6.07) is 11.3. The summed E-state index contributed by atoms with van der Waals surface area (Å²) in [4.78, 5) is 26.5. The molecular formula is C24H24BN7O. The molecule has 0 saturated carbocycles. The van der Waals surface area contributed by atoms with Gasteiger partial charge in [-0.15, -0.1) is 0 Å². The first-order valence-corrected chi connectivity index (χ1v) is 10.9. The Morgan fingerprint density at radius 2 is 1.82 bits per heavy atom. The minimum atomic E-state index is 0.0202. The summed E-state index contributed by atoms with van der Waals surface area (Å²) in [5.74, 6) is 0.473. The van der Waals surface area contributed by atoms with Crippen LogP contribution in [0.25, 0.3) is 22.0 Å². The van der Waals surface area contributed by atoms with Crippen molar-refractivity contribution in [2.45, 2.75) is 0 Å². The lowest BCUT2D eigenvalue weighted by atomic mass is 9.95. The van der Waals surface area contributed by atoms with Crippen LogP contribution in [0.5, 0.6) is 0 Å². The Hall–Kier alpha value is -3.72. The summed E-state index contributed by atoms with van der Waals surface area (Å²) in [6.07, 6.45) is 5.46. The van der Waals surface area contributed by atoms with Crippen LogP contribution < -0.4 is 10.8 Å². The molecule has 5 rings (SSSR count). The van der Waals surface area contributed by atoms with E-state index in [1.54, 1.807) is 17.1 Å². The maximum atomic E-state index is 13.3. The van der Waals surface area contributed by atoms with Crippen molar-refractivity contribution in [2.75, 3.05) is 38.5 Å². The number of aromatic nitrogens is 4. The quantitative estimate of drug-likeness (QED) is 0.492. The molecule has 4 aromatic rings. The van der Waals surface area contributed by atoms with Gasteiger partial charge in [0.2, 0.25) is 5.95 Å². The number of fused-ring (bicyclic) bond motifs is 1. The third kappa shape index (κ3) is 4.59. The van der Waals surface area contributed by atoms with E-state index < -0.39 is 0 Å². The van der Waals surface area contributed by atoms with Gasteiger partial charge in [0.05, 0.1) is 11.7 Å². The largest absolute Gasteiger partial charge is 0.336 e. The molecule has 164 valence electrons. The number of amides is 1. The molecule has 0 bridgehead atoms. The maximum Gasteiger partial charge on any atom is 0.254 e. The lowest BCUT2D eigenvalue weighted by molar-refractivity contribution is 0.0664. The van der Waals surface area contributed by atoms with Crippen LogP contribution in [0.4, 0.5) is 11.6 Å². The Morgan fingerprint density at radius 3 is 2.58 bits per heavy atom. The van der Waals surface area contributed by atoms with Crippen molar-refractivity contribution in [3.63, 3.8) is 0 Å². The first-order chi connectivity index (χ1) is 15.9. The highest BCUT2D eigenvalue weighted by Crippen LogP contribution is 2.27. The number of rotatable bonds is 4. The second kappa shape index (κ2) is 8.67. The molecule has 9 heteroatoms. The molecule has 8 nitrogen and oxygen atoms in total. The van der Waals surface area contributed by atoms with Crippen LogP contribution in [0.15, 0.2) is 55.0 Å². The summed E-state index contributed by atoms with van der Waals surface area (Å²) in [5.41, 5.74) is 4.66. The number of hydrogen-bond donors (Lipinski definition) is 1. The number of piperazine rings is 1. The van der Waals surface area contributed by atoms with E-state index >= 15 is 0 Å². The van der Waals surface area contributed by atoms with Gasteiger partial charge in [-0.1, -0.05) is 17.6 Å². The molecular weight excluding hydrogens is 413 g/mol. The normalized spacial score (nSPS) is 14.5. The Morgan fingerprint density at radius 1 is 1.00 bits per heavy atom. The second-order valence-corrected chi connectivity index (χ2v) is 8.43. The van der Waals surface area contributed by atoms with Crippen LogP contribution in [0.3, 0.4) is 0 Å². The molecule has 1 N–H and O–H groups in total. The summed E-state index contributed by atoms with van der Waals surface area (Å²) in [7, 11) is 9.80. The Labute approximate surface area is 193 Å². The van der Waals surface area contributed by atoms with Gasteiger partial charge < -0.3 is 15.1 Å². The highest BCUT2D eigenvalue weighted by molar-refractivity contribution is 6.33. The molecule has 2 aromatic carbocycles. The third-order valence-electron chi connectivity index (χ3n) is 5.87. The number of carbonyl (C=O) groups is 1. The predicted octanol–water partition coefficient (Wildman–Crippen LogP) is 1.96. The number of benzene rings is 2. The molecule has 0 unspecified atom stereocenters. The van der Waals surface area contributed by atoms with E-state index in [9.17, 15) is 4.79 Å². The van der Waals surface area contributed by atoms with Crippen LogP contribution in [0.2, 0.25) is 0 Å². The highest BCUT2D eigenvalue weighted by Gasteiger charge is 2.21. The summed E-state index contributed by atoms with van der Waals surface area (Å²) in [5, 5.41) is 8.43. The SMILES string of the molecule is [B]c1ccc2nc(Nc3cc(C(=O)N4CCN(C)CC4)cc(-c4cnn(C)c4)c3)ncc2c1. The summed E-state index contributed by atoms with van der Waals surface area (Å²) in [6.45, 7) is 3.17. The molecule has 3 heterocycles. The van der Waals surface area contributed by atoms with E-state index in [0.29, 0.717) is 30.1 Å². The molecule has 2 aromatic heterocycles. The van der Waals surface area contributed by atoms with E-state index in [1.807, 2.05) is 54.5 Å². The maximum absolute atomic E-state index is 13.3. The standard InChI is InChI=1S/C24H24BN7O/c1-30-5-7-32(8-6-30)23(33)17-9-16(19-14-27-31(2)15-19)11-21(12-17)28-24-26-13-18-10-20(25)3-4-22(18)29-24/h3-4,9-15H,5-8H2,1-2H3,(H,26,28,29). The Bertz CT molecular complexity index is 1330. The van der Waals surface area contributed by atoms with E-state index in [-0.39, 0.29) is 5.91 Å². The van der Waals surface area contributed by atoms with Crippen LogP contribution >= 0.6 is 0 Å². The first-order valence-electron chi connectivity index (χ1n) is 10.9. The van der Waals surface area contributed by atoms with E-state index in [1.165, 1.54) is 0 Å². The summed E-state index contributed by atoms with van der Waals surface area (Å²) >= 11 is 0. The third-order valence-corrected chi connectivity index (χ3v) is 5.87. The molecule has 1 saturated heterocycles. The zero-order chi connectivity index (χ0) is 22.9. The lowest BCUT2D eigenvalue weighted by Crippen LogP contribution is -2.47. The molecule has 1 fully saturated rings. The van der Waals surface area contributed by atoms with Gasteiger partial charge >= 0.3 is 0 Å². The lowest BCUT2D eigenvalue weighted by Gasteiger charge is -2.32. The van der Waals surface area contributed by atoms with Crippen molar-refractivity contribution in [1.82, 2.24) is 29.5 Å². The molecule has 0 aliphatic carbocycles. The van der Waals surface area contributed by atoms with Gasteiger partial charge in [-0.3, -0.25) is 9.48 Å². The minimum absolute atomic E-state index is 0.0202. The molecule has 0 atom stereocenters. The molecule has 1 amide bonds. The van der Waals surface area contributed by atoms with Crippen molar-refractivity contribution in [2.24, 2.45) is 7.05 Å². The average Bonchev–Trinajstić information content (AvgIpc) is 3.25. The predicted molar refractivity (Wildman–Crippen MR) is 130 cm³/mol. The van der Waals surface area contributed by atoms with Crippen molar-refractivity contribution in [1.29, 1.82) is 0 Å². The number of nitrogens with one attached hydrogen (secondary N) is 1. The zero-order valence-electron chi connectivity index (χ0n) is 18.7. The van der Waals surface area contributed by atoms with Gasteiger partial charge in [0.25, 0.3) is 5.91 Å². The Kier molecular flexibility index (Phi) is 5.56. The van der Waals surface area contributed by atoms with Gasteiger partial charge in [0, 0.05) is 67.8 Å². The highest BCUT2D eigenvalue weighted by atomic mass is 16.2. The number of likely N-dealkylation sites (N-methyl/N-ethyl adjacent to an activating group) is 1. The second-order valence-electron chi connectivity index (χ2n) is 8.43. The van der Waals surface area contributed by atoms with Gasteiger partial charge in [-0.05, 0) is 36.9 Å². The van der Waals surface area contributed by atoms with Crippen molar-refractivity contribution in [3.05, 3.63) is 60.6 Å². The van der Waals surface area contributed by atoms with E-state index in [0.717, 1.165) is 40.8 Å². The van der Waals surface area contributed by atoms with Crippen LogP contribution in [0, 0.1) is 0 Å². The van der Waals surface area contributed by atoms with Gasteiger partial charge in [-0.2, -0.15) is 5.10 Å². The van der Waals surface area contributed by atoms with Gasteiger partial charge in [0.15, 0.2) is 0 Å². The molecule has 33 heavy (non-hydrogen) atoms. The van der Waals surface area contributed by atoms with Crippen LogP contribution in [-0.4, -0.2) is 76.5 Å². The topological polar surface area (TPSA) is 79.2 Å². The average molecular weight is 437 g/mol. The minimum Gasteiger partial charge on any atom is -0.336 e. The Balaban J connectivity index is 1.50. The number of nitrogens with zero attached hydrogens (tertiary/aromatic N) is 6. The molecule has 1 aliphatic heterocycles. The molecule has 0 spiro atoms. The van der Waals surface area contributed by atoms with E-state index in [4.69, 9.17) is 7.85 Å². The number of hydrogen-bond acceptors (Lipinski definition) is 6. The number of carbonyl (C=O) groups excluding carboxylic acids is 1. The van der Waals surface area contributed by atoms with Crippen LogP contribution in [0.1, 0.15) is 10.4 Å². The number of anilines is 2. The fourth-order valence-electron chi connectivity index (χ4n) is 3.99. The van der Waals surface area contributed by atoms with Crippen LogP contribution in [-0.2, 0) is 7.05 Å². The van der Waals surface area contributed by atoms with Crippen molar-refractivity contribution < 1.29 is 4.79 Å². The smallest absolute Gasteiger partial charge is 0.254 e. The zero-order valence-corrected chi connectivity index (χ0v) is 18.7. The molecule has 1 aliphatic rings. The first kappa shape index (κ1) is 21.1. The van der Waals surface area contributed by atoms with Crippen molar-refractivity contribution >= 4 is 41.8 Å². The van der Waals surface area contributed by atoms with E-state index in [2.05, 4.69) is 32.3 Å². The monoisotopic (exact) mass is 437 g/mol. The van der Waals surface area contributed by atoms with Crippen molar-refractivity contribution in [3.8, 4) is 11.1 Å². The fourth-order valence-corrected chi connectivity index (χ4v) is 3.99. The fraction of sp³-hybridized carbons (Fsp3) is 0.250. The molecule has 2 radical (unpaired) electrons. The van der Waals surface area contributed by atoms with Gasteiger partial charge in [-0.25, -0.2) is 9.97 Å².